The Labute approximate surface area is 134 Å². The molecule has 0 bridgehead atoms. The number of rotatable bonds is 3. The molecule has 0 amide bonds. The normalized spacial score (nSPS) is 41.2. The van der Waals surface area contributed by atoms with Crippen molar-refractivity contribution in [3.05, 3.63) is 0 Å². The first-order chi connectivity index (χ1) is 6.85. The number of alkyl halides is 5. The SMILES string of the molecule is C[C@@](Br)(CBr)[C@H]1CC[C@](Br)(CBr)[C@H](Br)C1. The highest BCUT2D eigenvalue weighted by Gasteiger charge is 2.44. The summed E-state index contributed by atoms with van der Waals surface area (Å²) in [5.41, 5.74) is 0. The van der Waals surface area contributed by atoms with E-state index >= 15 is 0 Å². The Bertz CT molecular complexity index is 218. The van der Waals surface area contributed by atoms with Gasteiger partial charge in [-0.05, 0) is 32.1 Å². The Hall–Kier alpha value is 2.40. The smallest absolute Gasteiger partial charge is 0.0479 e. The summed E-state index contributed by atoms with van der Waals surface area (Å²) >= 11 is 18.7. The Kier molecular flexibility index (Phi) is 6.21. The van der Waals surface area contributed by atoms with E-state index in [0.717, 1.165) is 16.6 Å². The molecule has 1 aliphatic rings. The largest absolute Gasteiger partial charge is 0.0913 e. The van der Waals surface area contributed by atoms with Crippen molar-refractivity contribution in [3.8, 4) is 0 Å². The quantitative estimate of drug-likeness (QED) is 0.412. The summed E-state index contributed by atoms with van der Waals surface area (Å²) < 4.78 is 0.457. The van der Waals surface area contributed by atoms with Crippen LogP contribution in [0.3, 0.4) is 0 Å². The van der Waals surface area contributed by atoms with Crippen LogP contribution in [0.2, 0.25) is 0 Å². The second-order valence-electron chi connectivity index (χ2n) is 4.52. The average Bonchev–Trinajstić information content (AvgIpc) is 2.22. The number of hydrogen-bond acceptors (Lipinski definition) is 0. The molecule has 1 fully saturated rings. The van der Waals surface area contributed by atoms with Crippen LogP contribution >= 0.6 is 79.6 Å². The third-order valence-electron chi connectivity index (χ3n) is 3.30. The maximum atomic E-state index is 3.86. The van der Waals surface area contributed by atoms with Crippen LogP contribution in [0.15, 0.2) is 0 Å². The zero-order chi connectivity index (χ0) is 11.7. The van der Waals surface area contributed by atoms with Crippen LogP contribution in [-0.4, -0.2) is 24.1 Å². The molecule has 15 heavy (non-hydrogen) atoms. The van der Waals surface area contributed by atoms with Gasteiger partial charge >= 0.3 is 0 Å². The number of halogens is 5. The highest BCUT2D eigenvalue weighted by atomic mass is 79.9. The fourth-order valence-electron chi connectivity index (χ4n) is 1.96. The average molecular weight is 535 g/mol. The summed E-state index contributed by atoms with van der Waals surface area (Å²) in [6.07, 6.45) is 3.70. The molecule has 1 saturated carbocycles. The van der Waals surface area contributed by atoms with Gasteiger partial charge in [0, 0.05) is 24.1 Å². The third kappa shape index (κ3) is 3.68. The van der Waals surface area contributed by atoms with Crippen molar-refractivity contribution in [1.82, 2.24) is 0 Å². The minimum absolute atomic E-state index is 0.222. The van der Waals surface area contributed by atoms with Gasteiger partial charge in [-0.3, -0.25) is 0 Å². The first-order valence-corrected chi connectivity index (χ1v) is 9.74. The van der Waals surface area contributed by atoms with Crippen molar-refractivity contribution in [1.29, 1.82) is 0 Å². The van der Waals surface area contributed by atoms with Gasteiger partial charge in [0.15, 0.2) is 0 Å². The van der Waals surface area contributed by atoms with Crippen molar-refractivity contribution in [2.45, 2.75) is 39.7 Å². The van der Waals surface area contributed by atoms with Crippen molar-refractivity contribution in [3.63, 3.8) is 0 Å². The van der Waals surface area contributed by atoms with Crippen LogP contribution in [0.25, 0.3) is 0 Å². The minimum Gasteiger partial charge on any atom is -0.0913 e. The van der Waals surface area contributed by atoms with Crippen molar-refractivity contribution < 1.29 is 0 Å². The van der Waals surface area contributed by atoms with Crippen LogP contribution in [0.4, 0.5) is 0 Å². The van der Waals surface area contributed by atoms with Crippen molar-refractivity contribution in [2.75, 3.05) is 10.7 Å². The molecule has 1 aliphatic carbocycles. The van der Waals surface area contributed by atoms with E-state index in [1.54, 1.807) is 0 Å². The molecule has 1 rings (SSSR count). The highest BCUT2D eigenvalue weighted by molar-refractivity contribution is 9.14. The Morgan fingerprint density at radius 3 is 2.40 bits per heavy atom. The Balaban J connectivity index is 2.66. The summed E-state index contributed by atoms with van der Waals surface area (Å²) in [6.45, 7) is 2.28. The van der Waals surface area contributed by atoms with Crippen molar-refractivity contribution in [2.24, 2.45) is 5.92 Å². The molecule has 0 aromatic heterocycles. The lowest BCUT2D eigenvalue weighted by Crippen LogP contribution is -2.45. The molecule has 0 spiro atoms. The topological polar surface area (TPSA) is 0 Å². The molecular formula is C10H15Br5. The molecule has 0 aromatic rings. The van der Waals surface area contributed by atoms with E-state index in [0.29, 0.717) is 4.83 Å². The monoisotopic (exact) mass is 530 g/mol. The maximum Gasteiger partial charge on any atom is 0.0479 e. The lowest BCUT2D eigenvalue weighted by atomic mass is 9.77. The predicted molar refractivity (Wildman–Crippen MR) is 86.6 cm³/mol. The summed E-state index contributed by atoms with van der Waals surface area (Å²) in [5.74, 6) is 0.728. The van der Waals surface area contributed by atoms with E-state index in [9.17, 15) is 0 Å². The van der Waals surface area contributed by atoms with Gasteiger partial charge in [0.05, 0.1) is 0 Å². The first kappa shape index (κ1) is 15.5. The van der Waals surface area contributed by atoms with E-state index in [2.05, 4.69) is 86.6 Å². The Morgan fingerprint density at radius 2 is 2.00 bits per heavy atom. The first-order valence-electron chi connectivity index (χ1n) is 4.99. The van der Waals surface area contributed by atoms with E-state index in [1.165, 1.54) is 19.3 Å². The van der Waals surface area contributed by atoms with Gasteiger partial charge in [-0.1, -0.05) is 79.6 Å². The van der Waals surface area contributed by atoms with Gasteiger partial charge in [0.2, 0.25) is 0 Å². The van der Waals surface area contributed by atoms with Crippen LogP contribution in [-0.2, 0) is 0 Å². The van der Waals surface area contributed by atoms with E-state index in [-0.39, 0.29) is 8.65 Å². The standard InChI is InChI=1S/C10H15Br5/c1-9(14,5-11)7-2-3-10(15,6-12)8(13)4-7/h7-8H,2-6H2,1H3/t7-,8+,9+,10-/m0/s1. The van der Waals surface area contributed by atoms with Crippen LogP contribution < -0.4 is 0 Å². The van der Waals surface area contributed by atoms with Crippen molar-refractivity contribution >= 4 is 79.6 Å². The molecular weight excluding hydrogens is 520 g/mol. The lowest BCUT2D eigenvalue weighted by Gasteiger charge is -2.43. The second-order valence-corrected chi connectivity index (χ2v) is 10.1. The maximum absolute atomic E-state index is 3.86. The third-order valence-corrected chi connectivity index (χ3v) is 11.0. The van der Waals surface area contributed by atoms with Gasteiger partial charge in [-0.25, -0.2) is 0 Å². The van der Waals surface area contributed by atoms with Gasteiger partial charge in [0.25, 0.3) is 0 Å². The second kappa shape index (κ2) is 6.03. The molecule has 0 heterocycles. The summed E-state index contributed by atoms with van der Waals surface area (Å²) in [5, 5.41) is 2.02. The molecule has 0 aromatic carbocycles. The van der Waals surface area contributed by atoms with E-state index < -0.39 is 0 Å². The molecule has 0 saturated heterocycles. The van der Waals surface area contributed by atoms with Crippen LogP contribution in [0, 0.1) is 5.92 Å². The number of hydrogen-bond donors (Lipinski definition) is 0. The van der Waals surface area contributed by atoms with Gasteiger partial charge < -0.3 is 0 Å². The summed E-state index contributed by atoms with van der Waals surface area (Å²) in [6, 6.07) is 0. The van der Waals surface area contributed by atoms with Gasteiger partial charge in [-0.2, -0.15) is 0 Å². The zero-order valence-corrected chi connectivity index (χ0v) is 16.5. The fraction of sp³-hybridized carbons (Fsp3) is 1.00. The van der Waals surface area contributed by atoms with Crippen LogP contribution in [0.5, 0.6) is 0 Å². The van der Waals surface area contributed by atoms with Crippen LogP contribution in [0.1, 0.15) is 26.2 Å². The molecule has 0 nitrogen and oxygen atoms in total. The molecule has 0 unspecified atom stereocenters. The van der Waals surface area contributed by atoms with Gasteiger partial charge in [0.1, 0.15) is 0 Å². The summed E-state index contributed by atoms with van der Waals surface area (Å²) in [7, 11) is 0. The van der Waals surface area contributed by atoms with E-state index in [1.807, 2.05) is 0 Å². The lowest BCUT2D eigenvalue weighted by molar-refractivity contribution is 0.295. The Morgan fingerprint density at radius 1 is 1.40 bits per heavy atom. The predicted octanol–water partition coefficient (Wildman–Crippen LogP) is 5.63. The molecule has 0 radical (unpaired) electrons. The highest BCUT2D eigenvalue weighted by Crippen LogP contribution is 2.48. The van der Waals surface area contributed by atoms with E-state index in [4.69, 9.17) is 0 Å². The zero-order valence-electron chi connectivity index (χ0n) is 8.58. The molecule has 5 heteroatoms. The fourth-order valence-corrected chi connectivity index (χ4v) is 5.19. The molecule has 0 N–H and O–H groups in total. The molecule has 90 valence electrons. The minimum atomic E-state index is 0.222. The molecule has 0 aliphatic heterocycles. The molecule has 4 atom stereocenters. The van der Waals surface area contributed by atoms with Gasteiger partial charge in [-0.15, -0.1) is 0 Å². The summed E-state index contributed by atoms with van der Waals surface area (Å²) in [4.78, 5) is 0.541.